The molecule has 5 atom stereocenters. The zero-order valence-electron chi connectivity index (χ0n) is 65.3. The van der Waals surface area contributed by atoms with Gasteiger partial charge in [-0.3, -0.25) is 37.3 Å². The maximum Gasteiger partial charge on any atom is 0.472 e. The van der Waals surface area contributed by atoms with E-state index in [1.165, 1.54) is 6.42 Å². The number of aliphatic hydroxyl groups is 1. The van der Waals surface area contributed by atoms with E-state index in [1.807, 2.05) is 18.2 Å². The monoisotopic (exact) mass is 1520 g/mol. The van der Waals surface area contributed by atoms with Gasteiger partial charge in [-0.1, -0.05) is 273 Å². The molecule has 0 rings (SSSR count). The quantitative estimate of drug-likeness (QED) is 0.0169. The molecule has 0 radical (unpaired) electrons. The molecule has 0 aromatic rings. The van der Waals surface area contributed by atoms with Crippen LogP contribution >= 0.6 is 15.6 Å². The molecule has 0 bridgehead atoms. The molecule has 0 fully saturated rings. The van der Waals surface area contributed by atoms with Crippen LogP contribution in [-0.4, -0.2) is 96.7 Å². The zero-order valence-corrected chi connectivity index (χ0v) is 67.1. The van der Waals surface area contributed by atoms with E-state index in [0.29, 0.717) is 32.1 Å². The summed E-state index contributed by atoms with van der Waals surface area (Å²) in [6.07, 6.45) is 94.3. The number of hydrogen-bond donors (Lipinski definition) is 3. The van der Waals surface area contributed by atoms with Crippen molar-refractivity contribution in [2.45, 2.75) is 290 Å². The molecule has 19 heteroatoms. The highest BCUT2D eigenvalue weighted by Crippen LogP contribution is 2.45. The molecule has 0 aliphatic rings. The van der Waals surface area contributed by atoms with Crippen LogP contribution in [0.5, 0.6) is 0 Å². The maximum atomic E-state index is 13.1. The molecular formula is C87H138O17P2. The minimum atomic E-state index is -5.01. The van der Waals surface area contributed by atoms with Gasteiger partial charge in [0, 0.05) is 25.7 Å². The van der Waals surface area contributed by atoms with Crippen LogP contribution < -0.4 is 0 Å². The van der Waals surface area contributed by atoms with Crippen LogP contribution in [0.3, 0.4) is 0 Å². The second-order valence-corrected chi connectivity index (χ2v) is 28.4. The first kappa shape index (κ1) is 99.9. The Morgan fingerprint density at radius 1 is 0.274 bits per heavy atom. The van der Waals surface area contributed by atoms with Crippen LogP contribution in [0, 0.1) is 0 Å². The van der Waals surface area contributed by atoms with Crippen molar-refractivity contribution in [3.05, 3.63) is 194 Å². The topological polar surface area (TPSA) is 237 Å². The Morgan fingerprint density at radius 3 is 0.830 bits per heavy atom. The maximum absolute atomic E-state index is 13.1. The predicted octanol–water partition coefficient (Wildman–Crippen LogP) is 23.3. The Balaban J connectivity index is 5.48. The SMILES string of the molecule is CC/C=C\C/C=C\C/C=C\C/C=C\C/C=C\C/C=C\CCC(=O)OCC(COP(=O)(O)OCC(O)COP(=O)(O)OCC(COC(=O)CCCCC/C=C\C/C=C\C/C=C\C/C=C\C/C=C\CC)OC(=O)CCCCCC/C=C\C/C=C\C/C=C\C/C=C\CC)OC(=O)CCCCCCC/C=C\CCCC. The summed E-state index contributed by atoms with van der Waals surface area (Å²) in [6.45, 7) is 4.30. The van der Waals surface area contributed by atoms with Crippen molar-refractivity contribution < 1.29 is 80.2 Å². The Bertz CT molecular complexity index is 2780. The van der Waals surface area contributed by atoms with Crippen molar-refractivity contribution >= 4 is 39.5 Å². The van der Waals surface area contributed by atoms with Gasteiger partial charge in [0.25, 0.3) is 0 Å². The van der Waals surface area contributed by atoms with Crippen molar-refractivity contribution in [1.82, 2.24) is 0 Å². The highest BCUT2D eigenvalue weighted by Gasteiger charge is 2.30. The fourth-order valence-electron chi connectivity index (χ4n) is 9.60. The molecule has 598 valence electrons. The lowest BCUT2D eigenvalue weighted by Crippen LogP contribution is -2.30. The largest absolute Gasteiger partial charge is 0.472 e. The number of ether oxygens (including phenoxy) is 4. The molecule has 0 aliphatic carbocycles. The van der Waals surface area contributed by atoms with Crippen LogP contribution in [0.1, 0.15) is 272 Å². The van der Waals surface area contributed by atoms with Crippen molar-refractivity contribution in [2.24, 2.45) is 0 Å². The first-order valence-corrected chi connectivity index (χ1v) is 42.7. The molecule has 17 nitrogen and oxygen atoms in total. The van der Waals surface area contributed by atoms with Gasteiger partial charge in [-0.15, -0.1) is 0 Å². The van der Waals surface area contributed by atoms with E-state index in [9.17, 15) is 43.2 Å². The summed E-state index contributed by atoms with van der Waals surface area (Å²) < 4.78 is 68.4. The van der Waals surface area contributed by atoms with Gasteiger partial charge < -0.3 is 33.8 Å². The van der Waals surface area contributed by atoms with Crippen LogP contribution in [0.4, 0.5) is 0 Å². The molecule has 0 amide bonds. The van der Waals surface area contributed by atoms with Gasteiger partial charge in [0.1, 0.15) is 19.3 Å². The molecule has 106 heavy (non-hydrogen) atoms. The van der Waals surface area contributed by atoms with Crippen LogP contribution in [0.2, 0.25) is 0 Å². The number of aliphatic hydroxyl groups excluding tert-OH is 1. The average molecular weight is 1520 g/mol. The molecule has 0 aliphatic heterocycles. The first-order chi connectivity index (χ1) is 51.7. The summed E-state index contributed by atoms with van der Waals surface area (Å²) in [5.41, 5.74) is 0. The first-order valence-electron chi connectivity index (χ1n) is 39.7. The average Bonchev–Trinajstić information content (AvgIpc) is 0.901. The van der Waals surface area contributed by atoms with E-state index in [4.69, 9.17) is 37.0 Å². The molecule has 0 aromatic carbocycles. The third kappa shape index (κ3) is 76.1. The van der Waals surface area contributed by atoms with Crippen molar-refractivity contribution in [2.75, 3.05) is 39.6 Å². The van der Waals surface area contributed by atoms with Gasteiger partial charge in [-0.25, -0.2) is 9.13 Å². The van der Waals surface area contributed by atoms with Crippen LogP contribution in [0.15, 0.2) is 194 Å². The lowest BCUT2D eigenvalue weighted by Gasteiger charge is -2.21. The van der Waals surface area contributed by atoms with Gasteiger partial charge in [-0.2, -0.15) is 0 Å². The number of allylic oxidation sites excluding steroid dienone is 32. The second kappa shape index (κ2) is 77.1. The fraction of sp³-hybridized carbons (Fsp3) is 0.586. The lowest BCUT2D eigenvalue weighted by atomic mass is 10.1. The Kier molecular flexibility index (Phi) is 72.6. The highest BCUT2D eigenvalue weighted by atomic mass is 31.2. The molecular weight excluding hydrogens is 1380 g/mol. The standard InChI is InChI=1S/C87H138O17P2/c1-5-9-13-17-21-25-29-32-35-38-40-43-45-48-52-55-59-63-67-71-84(89)97-77-82(103-86(91)73-69-65-61-57-51-28-24-20-16-12-8-4)79-101-105(93,94)99-75-81(88)76-100-106(95,96)102-80-83(104-87(92)74-70-66-62-58-54-50-47-42-37-34-31-27-23-19-15-11-7-3)78-98-85(90)72-68-64-60-56-53-49-46-44-41-39-36-33-30-26-22-18-14-10-6-2/h9-11,13-15,20-27,32-37,40-41,43-44,47-50,52-53,59,63,81-83,88H,5-8,12,16-19,28-31,38-39,42,45-46,51,54-58,60-62,64-80H2,1-4H3,(H,93,94)(H,95,96)/b13-9-,14-10-,15-11-,24-20-,25-21-,26-22-,27-23-,35-32-,36-33-,37-34-,43-40-,44-41-,50-47-,52-48-,53-49-,63-59-. The van der Waals surface area contributed by atoms with E-state index in [-0.39, 0.29) is 25.7 Å². The van der Waals surface area contributed by atoms with Gasteiger partial charge >= 0.3 is 39.5 Å². The Hall–Kier alpha value is -6.10. The van der Waals surface area contributed by atoms with Crippen molar-refractivity contribution in [1.29, 1.82) is 0 Å². The lowest BCUT2D eigenvalue weighted by molar-refractivity contribution is -0.161. The van der Waals surface area contributed by atoms with E-state index in [1.54, 1.807) is 0 Å². The molecule has 0 aromatic heterocycles. The number of phosphoric ester groups is 2. The third-order valence-electron chi connectivity index (χ3n) is 15.5. The van der Waals surface area contributed by atoms with E-state index in [0.717, 1.165) is 180 Å². The Morgan fingerprint density at radius 2 is 0.509 bits per heavy atom. The highest BCUT2D eigenvalue weighted by molar-refractivity contribution is 7.47. The molecule has 0 saturated heterocycles. The number of esters is 4. The summed E-state index contributed by atoms with van der Waals surface area (Å²) in [5, 5.41) is 10.6. The van der Waals surface area contributed by atoms with E-state index in [2.05, 4.69) is 204 Å². The third-order valence-corrected chi connectivity index (χ3v) is 17.4. The molecule has 0 saturated carbocycles. The molecule has 0 spiro atoms. The van der Waals surface area contributed by atoms with Gasteiger partial charge in [0.2, 0.25) is 0 Å². The summed E-state index contributed by atoms with van der Waals surface area (Å²) in [6, 6.07) is 0. The Labute approximate surface area is 640 Å². The number of hydrogen-bond acceptors (Lipinski definition) is 15. The molecule has 0 heterocycles. The number of carbonyl (C=O) groups is 4. The van der Waals surface area contributed by atoms with Crippen LogP contribution in [-0.2, 0) is 65.4 Å². The molecule has 5 unspecified atom stereocenters. The molecule has 3 N–H and O–H groups in total. The predicted molar refractivity (Wildman–Crippen MR) is 436 cm³/mol. The fourth-order valence-corrected chi connectivity index (χ4v) is 11.2. The second-order valence-electron chi connectivity index (χ2n) is 25.5. The normalized spacial score (nSPS) is 14.9. The van der Waals surface area contributed by atoms with Crippen molar-refractivity contribution in [3.63, 3.8) is 0 Å². The zero-order chi connectivity index (χ0) is 77.4. The van der Waals surface area contributed by atoms with Gasteiger partial charge in [-0.05, 0) is 167 Å². The summed E-state index contributed by atoms with van der Waals surface area (Å²) in [5.74, 6) is -2.37. The number of carbonyl (C=O) groups excluding carboxylic acids is 4. The van der Waals surface area contributed by atoms with Crippen LogP contribution in [0.25, 0.3) is 0 Å². The van der Waals surface area contributed by atoms with Gasteiger partial charge in [0.05, 0.1) is 26.4 Å². The smallest absolute Gasteiger partial charge is 0.462 e. The van der Waals surface area contributed by atoms with Gasteiger partial charge in [0.15, 0.2) is 12.2 Å². The summed E-state index contributed by atoms with van der Waals surface area (Å²) >= 11 is 0. The summed E-state index contributed by atoms with van der Waals surface area (Å²) in [7, 11) is -10.0. The van der Waals surface area contributed by atoms with E-state index < -0.39 is 97.5 Å². The number of unbranched alkanes of at least 4 members (excludes halogenated alkanes) is 14. The minimum absolute atomic E-state index is 0.0268. The summed E-state index contributed by atoms with van der Waals surface area (Å²) in [4.78, 5) is 73.0. The van der Waals surface area contributed by atoms with Crippen molar-refractivity contribution in [3.8, 4) is 0 Å². The minimum Gasteiger partial charge on any atom is -0.462 e. The number of phosphoric acid groups is 2. The number of rotatable bonds is 72. The van der Waals surface area contributed by atoms with E-state index >= 15 is 0 Å².